The van der Waals surface area contributed by atoms with Crippen LogP contribution in [0.1, 0.15) is 24.7 Å². The first kappa shape index (κ1) is 37.1. The number of phenolic OH excluding ortho intramolecular Hbond substituents is 1. The van der Waals surface area contributed by atoms with Crippen LogP contribution in [0.15, 0.2) is 94.2 Å². The van der Waals surface area contributed by atoms with E-state index in [-0.39, 0.29) is 30.1 Å². The molecule has 6 aromatic rings. The zero-order valence-corrected chi connectivity index (χ0v) is 31.9. The lowest BCUT2D eigenvalue weighted by Crippen LogP contribution is -2.45. The topological polar surface area (TPSA) is 156 Å². The molecular weight excluding hydrogens is 772 g/mol. The number of amides is 2. The van der Waals surface area contributed by atoms with Gasteiger partial charge in [-0.15, -0.1) is 11.3 Å². The summed E-state index contributed by atoms with van der Waals surface area (Å²) in [5.74, 6) is 2.02. The Morgan fingerprint density at radius 3 is 2.43 bits per heavy atom. The molecule has 3 heterocycles. The predicted octanol–water partition coefficient (Wildman–Crippen LogP) is 6.49. The first-order valence-electron chi connectivity index (χ1n) is 17.7. The van der Waals surface area contributed by atoms with Crippen molar-refractivity contribution in [1.29, 1.82) is 0 Å². The summed E-state index contributed by atoms with van der Waals surface area (Å²) in [5, 5.41) is 23.9. The molecule has 278 valence electrons. The van der Waals surface area contributed by atoms with Crippen molar-refractivity contribution in [2.24, 2.45) is 0 Å². The van der Waals surface area contributed by atoms with Gasteiger partial charge in [-0.2, -0.15) is 0 Å². The van der Waals surface area contributed by atoms with Crippen molar-refractivity contribution in [2.45, 2.75) is 25.8 Å². The van der Waals surface area contributed by atoms with Crippen molar-refractivity contribution in [2.75, 3.05) is 44.6 Å². The third kappa shape index (κ3) is 8.42. The van der Waals surface area contributed by atoms with E-state index in [0.29, 0.717) is 48.7 Å². The standard InChI is InChI=1S/C40H39BrN6O6S/c1-24-45-36-31(40(51)47(24)33-15-16-35(49)46-39(33)50)3-2-4-32(36)44-20-19-42-17-18-43-21-22-52-28-10-12-29(13-11-28)53-37-30-14-9-27(48)23-34(30)54-38(37)25-5-7-26(41)8-6-25/h2-14,23,33,42-44,48H,15-22H2,1H3,(H,46,49,50). The third-order valence-corrected chi connectivity index (χ3v) is 10.8. The monoisotopic (exact) mass is 810 g/mol. The molecule has 7 rings (SSSR count). The minimum absolute atomic E-state index is 0.183. The molecule has 0 aliphatic carbocycles. The molecule has 2 aromatic heterocycles. The maximum absolute atomic E-state index is 13.4. The molecule has 0 saturated carbocycles. The molecule has 0 radical (unpaired) electrons. The maximum Gasteiger partial charge on any atom is 0.262 e. The van der Waals surface area contributed by atoms with Crippen molar-refractivity contribution in [1.82, 2.24) is 25.5 Å². The number of hydrogen-bond donors (Lipinski definition) is 5. The Labute approximate surface area is 323 Å². The van der Waals surface area contributed by atoms with Crippen molar-refractivity contribution in [3.63, 3.8) is 0 Å². The van der Waals surface area contributed by atoms with Crippen molar-refractivity contribution >= 4 is 65.8 Å². The van der Waals surface area contributed by atoms with Gasteiger partial charge in [0.2, 0.25) is 11.8 Å². The highest BCUT2D eigenvalue weighted by Crippen LogP contribution is 2.47. The van der Waals surface area contributed by atoms with Crippen LogP contribution in [0.2, 0.25) is 0 Å². The highest BCUT2D eigenvalue weighted by molar-refractivity contribution is 9.10. The average molecular weight is 812 g/mol. The van der Waals surface area contributed by atoms with Gasteiger partial charge in [0.25, 0.3) is 5.56 Å². The summed E-state index contributed by atoms with van der Waals surface area (Å²) in [4.78, 5) is 43.1. The smallest absolute Gasteiger partial charge is 0.262 e. The summed E-state index contributed by atoms with van der Waals surface area (Å²) in [6.07, 6.45) is 0.454. The second-order valence-corrected chi connectivity index (χ2v) is 14.8. The van der Waals surface area contributed by atoms with Crippen LogP contribution in [-0.2, 0) is 9.59 Å². The lowest BCUT2D eigenvalue weighted by atomic mass is 10.1. The Morgan fingerprint density at radius 1 is 0.907 bits per heavy atom. The van der Waals surface area contributed by atoms with Crippen molar-refractivity contribution < 1.29 is 24.2 Å². The number of fused-ring (bicyclic) bond motifs is 2. The summed E-state index contributed by atoms with van der Waals surface area (Å²) < 4.78 is 15.7. The Morgan fingerprint density at radius 2 is 1.65 bits per heavy atom. The van der Waals surface area contributed by atoms with Crippen molar-refractivity contribution in [3.8, 4) is 33.4 Å². The second-order valence-electron chi connectivity index (χ2n) is 12.8. The lowest BCUT2D eigenvalue weighted by Gasteiger charge is -2.24. The van der Waals surface area contributed by atoms with E-state index in [4.69, 9.17) is 9.47 Å². The van der Waals surface area contributed by atoms with E-state index in [0.717, 1.165) is 55.3 Å². The number of aryl methyl sites for hydroxylation is 1. The molecule has 1 aliphatic heterocycles. The van der Waals surface area contributed by atoms with Crippen LogP contribution < -0.4 is 36.3 Å². The number of benzene rings is 4. The normalized spacial score (nSPS) is 14.4. The SMILES string of the molecule is Cc1nc2c(NCCNCCNCCOc3ccc(Oc4c(-c5ccc(Br)cc5)sc5cc(O)ccc45)cc3)cccc2c(=O)n1C1CCC(=O)NC1=O. The number of nitrogens with zero attached hydrogens (tertiary/aromatic N) is 2. The van der Waals surface area contributed by atoms with Gasteiger partial charge < -0.3 is 30.5 Å². The summed E-state index contributed by atoms with van der Waals surface area (Å²) >= 11 is 5.08. The van der Waals surface area contributed by atoms with Crippen LogP contribution in [0.3, 0.4) is 0 Å². The number of hydrogen-bond acceptors (Lipinski definition) is 11. The van der Waals surface area contributed by atoms with Crippen LogP contribution in [0.5, 0.6) is 23.0 Å². The van der Waals surface area contributed by atoms with Gasteiger partial charge in [-0.05, 0) is 85.6 Å². The molecule has 1 atom stereocenters. The van der Waals surface area contributed by atoms with Crippen LogP contribution in [0.4, 0.5) is 5.69 Å². The van der Waals surface area contributed by atoms with Gasteiger partial charge in [-0.3, -0.25) is 24.3 Å². The average Bonchev–Trinajstić information content (AvgIpc) is 3.51. The zero-order chi connectivity index (χ0) is 37.6. The third-order valence-electron chi connectivity index (χ3n) is 9.05. The fourth-order valence-corrected chi connectivity index (χ4v) is 7.83. The van der Waals surface area contributed by atoms with Gasteiger partial charge >= 0.3 is 0 Å². The summed E-state index contributed by atoms with van der Waals surface area (Å²) in [7, 11) is 0. The van der Waals surface area contributed by atoms with Gasteiger partial charge in [0, 0.05) is 53.7 Å². The molecule has 0 spiro atoms. The number of aromatic hydroxyl groups is 1. The number of halogens is 1. The first-order chi connectivity index (χ1) is 26.2. The lowest BCUT2D eigenvalue weighted by molar-refractivity contribution is -0.135. The highest BCUT2D eigenvalue weighted by atomic mass is 79.9. The molecule has 1 saturated heterocycles. The van der Waals surface area contributed by atoms with Gasteiger partial charge in [-0.1, -0.05) is 34.1 Å². The van der Waals surface area contributed by atoms with Crippen LogP contribution in [-0.4, -0.2) is 65.8 Å². The Bertz CT molecular complexity index is 2360. The molecule has 1 unspecified atom stereocenters. The number of imide groups is 1. The fourth-order valence-electron chi connectivity index (χ4n) is 6.40. The highest BCUT2D eigenvalue weighted by Gasteiger charge is 2.30. The number of carbonyl (C=O) groups is 2. The Kier molecular flexibility index (Phi) is 11.5. The number of piperidine rings is 1. The number of rotatable bonds is 15. The van der Waals surface area contributed by atoms with Crippen LogP contribution >= 0.6 is 27.3 Å². The molecule has 14 heteroatoms. The molecular formula is C40H39BrN6O6S. The van der Waals surface area contributed by atoms with E-state index >= 15 is 0 Å². The number of thiophene rings is 1. The summed E-state index contributed by atoms with van der Waals surface area (Å²) in [5.41, 5.74) is 2.03. The fraction of sp³-hybridized carbons (Fsp3) is 0.250. The Balaban J connectivity index is 0.835. The van der Waals surface area contributed by atoms with E-state index in [1.54, 1.807) is 42.5 Å². The Hall–Kier alpha value is -5.28. The van der Waals surface area contributed by atoms with E-state index in [1.165, 1.54) is 4.57 Å². The number of carbonyl (C=O) groups excluding carboxylic acids is 2. The number of nitrogens with one attached hydrogen (secondary N) is 4. The molecule has 4 aromatic carbocycles. The van der Waals surface area contributed by atoms with E-state index in [9.17, 15) is 19.5 Å². The molecule has 12 nitrogen and oxygen atoms in total. The number of ether oxygens (including phenoxy) is 2. The number of anilines is 1. The number of phenols is 1. The predicted molar refractivity (Wildman–Crippen MR) is 215 cm³/mol. The largest absolute Gasteiger partial charge is 0.508 e. The zero-order valence-electron chi connectivity index (χ0n) is 29.5. The molecule has 54 heavy (non-hydrogen) atoms. The van der Waals surface area contributed by atoms with E-state index < -0.39 is 11.9 Å². The quantitative estimate of drug-likeness (QED) is 0.0574. The first-order valence-corrected chi connectivity index (χ1v) is 19.3. The van der Waals surface area contributed by atoms with E-state index in [1.807, 2.05) is 60.7 Å². The minimum atomic E-state index is -0.755. The van der Waals surface area contributed by atoms with Gasteiger partial charge in [-0.25, -0.2) is 4.98 Å². The van der Waals surface area contributed by atoms with Crippen LogP contribution in [0, 0.1) is 6.92 Å². The van der Waals surface area contributed by atoms with Gasteiger partial charge in [0.05, 0.1) is 16.0 Å². The van der Waals surface area contributed by atoms with E-state index in [2.05, 4.69) is 42.2 Å². The van der Waals surface area contributed by atoms with Crippen molar-refractivity contribution in [3.05, 3.63) is 106 Å². The molecule has 5 N–H and O–H groups in total. The molecule has 1 aliphatic rings. The second kappa shape index (κ2) is 16.8. The summed E-state index contributed by atoms with van der Waals surface area (Å²) in [6, 6.07) is 25.6. The molecule has 0 bridgehead atoms. The maximum atomic E-state index is 13.4. The molecule has 2 amide bonds. The minimum Gasteiger partial charge on any atom is -0.508 e. The van der Waals surface area contributed by atoms with Gasteiger partial charge in [0.15, 0.2) is 5.75 Å². The number of para-hydroxylation sites is 1. The van der Waals surface area contributed by atoms with Gasteiger partial charge in [0.1, 0.15) is 41.2 Å². The molecule has 1 fully saturated rings. The number of aromatic nitrogens is 2. The van der Waals surface area contributed by atoms with Crippen LogP contribution in [0.25, 0.3) is 31.4 Å². The summed E-state index contributed by atoms with van der Waals surface area (Å²) in [6.45, 7) is 5.73.